The lowest BCUT2D eigenvalue weighted by Crippen LogP contribution is -2.12. The highest BCUT2D eigenvalue weighted by atomic mass is 35.5. The molecule has 0 radical (unpaired) electrons. The van der Waals surface area contributed by atoms with Gasteiger partial charge in [-0.15, -0.1) is 11.3 Å². The van der Waals surface area contributed by atoms with Crippen molar-refractivity contribution in [1.82, 2.24) is 4.98 Å². The Morgan fingerprint density at radius 1 is 1.38 bits per heavy atom. The number of carbonyl (C=O) groups is 1. The number of halogens is 1. The van der Waals surface area contributed by atoms with Gasteiger partial charge in [0, 0.05) is 23.1 Å². The molecule has 0 saturated heterocycles. The average Bonchev–Trinajstić information content (AvgIpc) is 2.72. The molecule has 7 heteroatoms. The summed E-state index contributed by atoms with van der Waals surface area (Å²) in [5.74, 6) is 0.721. The van der Waals surface area contributed by atoms with E-state index in [1.54, 1.807) is 18.3 Å². The Morgan fingerprint density at radius 2 is 2.19 bits per heavy atom. The van der Waals surface area contributed by atoms with Gasteiger partial charge in [0.15, 0.2) is 16.6 Å². The number of aryl methyl sites for hydroxylation is 1. The monoisotopic (exact) mass is 324 g/mol. The van der Waals surface area contributed by atoms with Gasteiger partial charge in [-0.05, 0) is 19.1 Å². The number of amides is 1. The summed E-state index contributed by atoms with van der Waals surface area (Å²) in [5, 5.41) is 3.67. The Morgan fingerprint density at radius 3 is 2.95 bits per heavy atom. The summed E-state index contributed by atoms with van der Waals surface area (Å²) in [7, 11) is 0. The smallest absolute Gasteiger partial charge is 0.257 e. The number of aromatic nitrogens is 1. The number of nitrogens with one attached hydrogen (secondary N) is 1. The van der Waals surface area contributed by atoms with E-state index in [9.17, 15) is 4.79 Å². The Labute approximate surface area is 130 Å². The molecule has 0 atom stereocenters. The summed E-state index contributed by atoms with van der Waals surface area (Å²) in [6.45, 7) is 3.02. The number of ether oxygens (including phenoxy) is 2. The van der Waals surface area contributed by atoms with Crippen LogP contribution in [0.25, 0.3) is 0 Å². The van der Waals surface area contributed by atoms with E-state index >= 15 is 0 Å². The minimum atomic E-state index is -0.276. The molecule has 0 fully saturated rings. The van der Waals surface area contributed by atoms with Crippen LogP contribution < -0.4 is 14.8 Å². The first-order valence-corrected chi connectivity index (χ1v) is 7.66. The molecule has 0 spiro atoms. The second-order valence-corrected chi connectivity index (χ2v) is 6.21. The Bertz CT molecular complexity index is 687. The van der Waals surface area contributed by atoms with E-state index in [0.717, 1.165) is 11.3 Å². The lowest BCUT2D eigenvalue weighted by Gasteiger charge is -2.11. The zero-order valence-electron chi connectivity index (χ0n) is 11.3. The van der Waals surface area contributed by atoms with Crippen molar-refractivity contribution in [2.45, 2.75) is 13.3 Å². The molecule has 2 heterocycles. The van der Waals surface area contributed by atoms with Crippen molar-refractivity contribution >= 4 is 34.0 Å². The number of benzene rings is 1. The van der Waals surface area contributed by atoms with Gasteiger partial charge in [0.25, 0.3) is 5.91 Å². The SMILES string of the molecule is Cc1cnc(NC(=O)c2cc(Cl)c3c(c2)OCCCO3)s1. The van der Waals surface area contributed by atoms with Gasteiger partial charge in [-0.1, -0.05) is 11.6 Å². The zero-order valence-corrected chi connectivity index (χ0v) is 12.9. The highest BCUT2D eigenvalue weighted by Gasteiger charge is 2.19. The highest BCUT2D eigenvalue weighted by Crippen LogP contribution is 2.38. The summed E-state index contributed by atoms with van der Waals surface area (Å²) in [6.07, 6.45) is 2.49. The van der Waals surface area contributed by atoms with Crippen molar-refractivity contribution in [1.29, 1.82) is 0 Å². The second kappa shape index (κ2) is 5.91. The van der Waals surface area contributed by atoms with E-state index in [-0.39, 0.29) is 5.91 Å². The fraction of sp³-hybridized carbons (Fsp3) is 0.286. The van der Waals surface area contributed by atoms with Crippen LogP contribution >= 0.6 is 22.9 Å². The first kappa shape index (κ1) is 14.2. The molecule has 1 aromatic carbocycles. The van der Waals surface area contributed by atoms with Crippen LogP contribution in [0.15, 0.2) is 18.3 Å². The topological polar surface area (TPSA) is 60.5 Å². The largest absolute Gasteiger partial charge is 0.489 e. The number of anilines is 1. The molecule has 5 nitrogen and oxygen atoms in total. The van der Waals surface area contributed by atoms with Gasteiger partial charge in [-0.25, -0.2) is 4.98 Å². The van der Waals surface area contributed by atoms with E-state index in [4.69, 9.17) is 21.1 Å². The summed E-state index contributed by atoms with van der Waals surface area (Å²) in [4.78, 5) is 17.4. The molecule has 21 heavy (non-hydrogen) atoms. The molecule has 1 aliphatic heterocycles. The molecule has 0 aliphatic carbocycles. The van der Waals surface area contributed by atoms with E-state index in [1.165, 1.54) is 11.3 Å². The first-order chi connectivity index (χ1) is 10.1. The summed E-state index contributed by atoms with van der Waals surface area (Å²) >= 11 is 7.59. The van der Waals surface area contributed by atoms with Crippen LogP contribution in [-0.4, -0.2) is 24.1 Å². The highest BCUT2D eigenvalue weighted by molar-refractivity contribution is 7.15. The Kier molecular flexibility index (Phi) is 3.98. The van der Waals surface area contributed by atoms with Crippen molar-refractivity contribution in [3.8, 4) is 11.5 Å². The standard InChI is InChI=1S/C14H13ClN2O3S/c1-8-7-16-14(21-8)17-13(18)9-5-10(15)12-11(6-9)19-3-2-4-20-12/h5-7H,2-4H2,1H3,(H,16,17,18). The number of nitrogens with zero attached hydrogens (tertiary/aromatic N) is 1. The van der Waals surface area contributed by atoms with Gasteiger partial charge in [0.2, 0.25) is 0 Å². The maximum Gasteiger partial charge on any atom is 0.257 e. The zero-order chi connectivity index (χ0) is 14.8. The first-order valence-electron chi connectivity index (χ1n) is 6.46. The number of carbonyl (C=O) groups excluding carboxylic acids is 1. The summed E-state index contributed by atoms with van der Waals surface area (Å²) in [6, 6.07) is 3.22. The van der Waals surface area contributed by atoms with Gasteiger partial charge in [-0.3, -0.25) is 10.1 Å². The van der Waals surface area contributed by atoms with Crippen LogP contribution in [0, 0.1) is 6.92 Å². The molecular formula is C14H13ClN2O3S. The number of hydrogen-bond acceptors (Lipinski definition) is 5. The number of rotatable bonds is 2. The van der Waals surface area contributed by atoms with Crippen molar-refractivity contribution in [2.75, 3.05) is 18.5 Å². The lowest BCUT2D eigenvalue weighted by atomic mass is 10.2. The van der Waals surface area contributed by atoms with Crippen molar-refractivity contribution in [3.63, 3.8) is 0 Å². The Balaban J connectivity index is 1.86. The summed E-state index contributed by atoms with van der Waals surface area (Å²) < 4.78 is 11.1. The Hall–Kier alpha value is -1.79. The van der Waals surface area contributed by atoms with E-state index in [2.05, 4.69) is 10.3 Å². The molecule has 1 N–H and O–H groups in total. The van der Waals surface area contributed by atoms with Crippen LogP contribution in [0.2, 0.25) is 5.02 Å². The van der Waals surface area contributed by atoms with Crippen LogP contribution in [0.5, 0.6) is 11.5 Å². The third kappa shape index (κ3) is 3.11. The maximum atomic E-state index is 12.2. The van der Waals surface area contributed by atoms with Gasteiger partial charge >= 0.3 is 0 Å². The molecule has 0 saturated carbocycles. The van der Waals surface area contributed by atoms with Gasteiger partial charge in [0.05, 0.1) is 18.2 Å². The number of thiazole rings is 1. The van der Waals surface area contributed by atoms with Crippen LogP contribution in [0.3, 0.4) is 0 Å². The van der Waals surface area contributed by atoms with Crippen LogP contribution in [0.4, 0.5) is 5.13 Å². The number of fused-ring (bicyclic) bond motifs is 1. The molecule has 1 aromatic heterocycles. The minimum absolute atomic E-state index is 0.276. The second-order valence-electron chi connectivity index (χ2n) is 4.57. The quantitative estimate of drug-likeness (QED) is 0.918. The average molecular weight is 325 g/mol. The normalized spacial score (nSPS) is 13.6. The van der Waals surface area contributed by atoms with Gasteiger partial charge < -0.3 is 9.47 Å². The molecule has 0 unspecified atom stereocenters. The third-order valence-electron chi connectivity index (χ3n) is 2.91. The molecule has 2 aromatic rings. The molecule has 0 bridgehead atoms. The van der Waals surface area contributed by atoms with Crippen molar-refractivity contribution in [3.05, 3.63) is 33.8 Å². The minimum Gasteiger partial charge on any atom is -0.489 e. The van der Waals surface area contributed by atoms with E-state index in [1.807, 2.05) is 6.92 Å². The van der Waals surface area contributed by atoms with Gasteiger partial charge in [-0.2, -0.15) is 0 Å². The van der Waals surface area contributed by atoms with E-state index in [0.29, 0.717) is 40.4 Å². The van der Waals surface area contributed by atoms with Crippen molar-refractivity contribution < 1.29 is 14.3 Å². The molecule has 1 amide bonds. The maximum absolute atomic E-state index is 12.2. The van der Waals surface area contributed by atoms with Crippen LogP contribution in [0.1, 0.15) is 21.7 Å². The number of hydrogen-bond donors (Lipinski definition) is 1. The van der Waals surface area contributed by atoms with Crippen LogP contribution in [-0.2, 0) is 0 Å². The molecule has 3 rings (SSSR count). The molecular weight excluding hydrogens is 312 g/mol. The lowest BCUT2D eigenvalue weighted by molar-refractivity contribution is 0.102. The van der Waals surface area contributed by atoms with Gasteiger partial charge in [0.1, 0.15) is 0 Å². The van der Waals surface area contributed by atoms with E-state index < -0.39 is 0 Å². The predicted octanol–water partition coefficient (Wildman–Crippen LogP) is 3.52. The summed E-state index contributed by atoms with van der Waals surface area (Å²) in [5.41, 5.74) is 0.414. The fourth-order valence-corrected chi connectivity index (χ4v) is 2.87. The van der Waals surface area contributed by atoms with Crippen molar-refractivity contribution in [2.24, 2.45) is 0 Å². The molecule has 1 aliphatic rings. The fourth-order valence-electron chi connectivity index (χ4n) is 1.94. The third-order valence-corrected chi connectivity index (χ3v) is 4.02. The predicted molar refractivity (Wildman–Crippen MR) is 81.9 cm³/mol. The molecule has 110 valence electrons.